The van der Waals surface area contributed by atoms with E-state index in [2.05, 4.69) is 41.0 Å². The standard InChI is InChI=1S/C18H26N4O2/c1-12(2)11-22-7-6-19-17(22)10-21-18(23)20-9-14-4-5-16(24-14)15-8-13(15)3/h4-7,12-13,15H,8-11H2,1-3H3,(H2,20,21,23)/t13-,15+/m0/s1. The van der Waals surface area contributed by atoms with Crippen molar-refractivity contribution in [3.63, 3.8) is 0 Å². The molecule has 2 N–H and O–H groups in total. The van der Waals surface area contributed by atoms with Gasteiger partial charge >= 0.3 is 6.03 Å². The number of hydrogen-bond acceptors (Lipinski definition) is 3. The Hall–Kier alpha value is -2.24. The van der Waals surface area contributed by atoms with Crippen LogP contribution >= 0.6 is 0 Å². The summed E-state index contributed by atoms with van der Waals surface area (Å²) in [6.45, 7) is 8.24. The fourth-order valence-electron chi connectivity index (χ4n) is 2.86. The Balaban J connectivity index is 1.43. The molecule has 2 heterocycles. The Morgan fingerprint density at radius 2 is 2.12 bits per heavy atom. The van der Waals surface area contributed by atoms with E-state index in [1.807, 2.05) is 18.3 Å². The zero-order valence-corrected chi connectivity index (χ0v) is 14.6. The van der Waals surface area contributed by atoms with Crippen LogP contribution < -0.4 is 10.6 Å². The summed E-state index contributed by atoms with van der Waals surface area (Å²) in [6, 6.07) is 3.74. The van der Waals surface area contributed by atoms with Gasteiger partial charge in [0.05, 0.1) is 13.1 Å². The molecule has 0 saturated heterocycles. The molecule has 2 amide bonds. The molecule has 2 aromatic heterocycles. The van der Waals surface area contributed by atoms with Gasteiger partial charge < -0.3 is 19.6 Å². The monoisotopic (exact) mass is 330 g/mol. The highest BCUT2D eigenvalue weighted by molar-refractivity contribution is 5.73. The second kappa shape index (κ2) is 7.11. The van der Waals surface area contributed by atoms with Crippen molar-refractivity contribution in [2.24, 2.45) is 11.8 Å². The predicted molar refractivity (Wildman–Crippen MR) is 91.4 cm³/mol. The molecule has 1 saturated carbocycles. The molecule has 130 valence electrons. The third-order valence-corrected chi connectivity index (χ3v) is 4.35. The van der Waals surface area contributed by atoms with E-state index in [-0.39, 0.29) is 6.03 Å². The summed E-state index contributed by atoms with van der Waals surface area (Å²) in [5, 5.41) is 5.67. The number of urea groups is 1. The van der Waals surface area contributed by atoms with Crippen LogP contribution in [0.1, 0.15) is 50.5 Å². The van der Waals surface area contributed by atoms with Crippen molar-refractivity contribution in [2.45, 2.75) is 52.7 Å². The maximum atomic E-state index is 11.9. The molecule has 0 aromatic carbocycles. The molecule has 0 spiro atoms. The summed E-state index contributed by atoms with van der Waals surface area (Å²) in [7, 11) is 0. The number of nitrogens with zero attached hydrogens (tertiary/aromatic N) is 2. The van der Waals surface area contributed by atoms with Crippen LogP contribution in [0.4, 0.5) is 4.79 Å². The van der Waals surface area contributed by atoms with Gasteiger partial charge in [-0.2, -0.15) is 0 Å². The molecule has 6 nitrogen and oxygen atoms in total. The van der Waals surface area contributed by atoms with Crippen molar-refractivity contribution >= 4 is 6.03 Å². The van der Waals surface area contributed by atoms with Crippen molar-refractivity contribution in [2.75, 3.05) is 0 Å². The Bertz CT molecular complexity index is 689. The van der Waals surface area contributed by atoms with Gasteiger partial charge in [-0.1, -0.05) is 20.8 Å². The van der Waals surface area contributed by atoms with Crippen molar-refractivity contribution in [1.29, 1.82) is 0 Å². The number of aromatic nitrogens is 2. The van der Waals surface area contributed by atoms with Crippen molar-refractivity contribution in [3.8, 4) is 0 Å². The van der Waals surface area contributed by atoms with Gasteiger partial charge in [0, 0.05) is 24.9 Å². The Morgan fingerprint density at radius 1 is 1.38 bits per heavy atom. The van der Waals surface area contributed by atoms with Crippen LogP contribution in [-0.2, 0) is 19.6 Å². The minimum absolute atomic E-state index is 0.216. The van der Waals surface area contributed by atoms with Crippen molar-refractivity contribution in [1.82, 2.24) is 20.2 Å². The van der Waals surface area contributed by atoms with Crippen LogP contribution in [0.25, 0.3) is 0 Å². The third-order valence-electron chi connectivity index (χ3n) is 4.35. The molecule has 0 radical (unpaired) electrons. The molecule has 3 rings (SSSR count). The summed E-state index contributed by atoms with van der Waals surface area (Å²) in [5.74, 6) is 4.51. The number of furan rings is 1. The Labute approximate surface area is 142 Å². The molecule has 1 fully saturated rings. The number of rotatable bonds is 7. The first-order valence-corrected chi connectivity index (χ1v) is 8.63. The van der Waals surface area contributed by atoms with E-state index in [4.69, 9.17) is 4.42 Å². The number of hydrogen-bond donors (Lipinski definition) is 2. The summed E-state index contributed by atoms with van der Waals surface area (Å²) in [5.41, 5.74) is 0. The van der Waals surface area contributed by atoms with Crippen molar-refractivity contribution < 1.29 is 9.21 Å². The zero-order chi connectivity index (χ0) is 17.1. The van der Waals surface area contributed by atoms with Gasteiger partial charge in [-0.25, -0.2) is 9.78 Å². The highest BCUT2D eigenvalue weighted by Gasteiger charge is 2.36. The molecule has 24 heavy (non-hydrogen) atoms. The Morgan fingerprint density at radius 3 is 2.83 bits per heavy atom. The highest BCUT2D eigenvalue weighted by atomic mass is 16.3. The van der Waals surface area contributed by atoms with E-state index < -0.39 is 0 Å². The second-order valence-corrected chi connectivity index (χ2v) is 7.05. The topological polar surface area (TPSA) is 72.1 Å². The van der Waals surface area contributed by atoms with E-state index >= 15 is 0 Å². The van der Waals surface area contributed by atoms with Crippen LogP contribution in [0.5, 0.6) is 0 Å². The molecule has 0 aliphatic heterocycles. The minimum atomic E-state index is -0.216. The molecule has 2 atom stereocenters. The van der Waals surface area contributed by atoms with Crippen LogP contribution in [-0.4, -0.2) is 15.6 Å². The van der Waals surface area contributed by atoms with E-state index in [1.54, 1.807) is 6.20 Å². The van der Waals surface area contributed by atoms with Crippen molar-refractivity contribution in [3.05, 3.63) is 41.9 Å². The summed E-state index contributed by atoms with van der Waals surface area (Å²) in [4.78, 5) is 16.2. The number of imidazole rings is 1. The summed E-state index contributed by atoms with van der Waals surface area (Å²) < 4.78 is 7.85. The molecule has 1 aliphatic carbocycles. The Kier molecular flexibility index (Phi) is 4.92. The first kappa shape index (κ1) is 16.6. The van der Waals surface area contributed by atoms with Gasteiger partial charge in [0.25, 0.3) is 0 Å². The normalized spacial score (nSPS) is 19.5. The van der Waals surface area contributed by atoms with Gasteiger partial charge in [0.1, 0.15) is 17.3 Å². The van der Waals surface area contributed by atoms with Gasteiger partial charge in [0.2, 0.25) is 0 Å². The molecule has 2 aromatic rings. The van der Waals surface area contributed by atoms with E-state index in [0.29, 0.717) is 24.9 Å². The van der Waals surface area contributed by atoms with Gasteiger partial charge in [-0.05, 0) is 30.4 Å². The number of carbonyl (C=O) groups is 1. The predicted octanol–water partition coefficient (Wildman–Crippen LogP) is 3.25. The maximum absolute atomic E-state index is 11.9. The smallest absolute Gasteiger partial charge is 0.315 e. The fraction of sp³-hybridized carbons (Fsp3) is 0.556. The summed E-state index contributed by atoms with van der Waals surface area (Å²) >= 11 is 0. The van der Waals surface area contributed by atoms with Gasteiger partial charge in [-0.15, -0.1) is 0 Å². The summed E-state index contributed by atoms with van der Waals surface area (Å²) in [6.07, 6.45) is 4.91. The average Bonchev–Trinajstić information content (AvgIpc) is 2.94. The van der Waals surface area contributed by atoms with E-state index in [0.717, 1.165) is 29.8 Å². The number of nitrogens with one attached hydrogen (secondary N) is 2. The first-order valence-electron chi connectivity index (χ1n) is 8.63. The molecule has 0 bridgehead atoms. The van der Waals surface area contributed by atoms with E-state index in [9.17, 15) is 4.79 Å². The average molecular weight is 330 g/mol. The second-order valence-electron chi connectivity index (χ2n) is 7.05. The lowest BCUT2D eigenvalue weighted by Crippen LogP contribution is -2.35. The van der Waals surface area contributed by atoms with Crippen LogP contribution in [0.2, 0.25) is 0 Å². The first-order chi connectivity index (χ1) is 11.5. The SMILES string of the molecule is CC(C)Cn1ccnc1CNC(=O)NCc1ccc([C@@H]2C[C@@H]2C)o1. The lowest BCUT2D eigenvalue weighted by atomic mass is 10.2. The fourth-order valence-corrected chi connectivity index (χ4v) is 2.86. The lowest BCUT2D eigenvalue weighted by molar-refractivity contribution is 0.238. The van der Waals surface area contributed by atoms with Crippen LogP contribution in [0.15, 0.2) is 28.9 Å². The molecular weight excluding hydrogens is 304 g/mol. The molecule has 1 aliphatic rings. The van der Waals surface area contributed by atoms with Crippen LogP contribution in [0, 0.1) is 11.8 Å². The maximum Gasteiger partial charge on any atom is 0.315 e. The zero-order valence-electron chi connectivity index (χ0n) is 14.6. The number of carbonyl (C=O) groups excluding carboxylic acids is 1. The number of amides is 2. The largest absolute Gasteiger partial charge is 0.464 e. The molecule has 0 unspecified atom stereocenters. The molecular formula is C18H26N4O2. The van der Waals surface area contributed by atoms with Gasteiger partial charge in [-0.3, -0.25) is 0 Å². The minimum Gasteiger partial charge on any atom is -0.464 e. The highest BCUT2D eigenvalue weighted by Crippen LogP contribution is 2.47. The van der Waals surface area contributed by atoms with Crippen LogP contribution in [0.3, 0.4) is 0 Å². The van der Waals surface area contributed by atoms with E-state index in [1.165, 1.54) is 6.42 Å². The lowest BCUT2D eigenvalue weighted by Gasteiger charge is -2.11. The quantitative estimate of drug-likeness (QED) is 0.818. The third kappa shape index (κ3) is 4.19. The van der Waals surface area contributed by atoms with Gasteiger partial charge in [0.15, 0.2) is 0 Å². The molecule has 6 heteroatoms.